The average molecular weight is 261 g/mol. The van der Waals surface area contributed by atoms with E-state index in [-0.39, 0.29) is 6.04 Å². The Bertz CT molecular complexity index is 533. The second-order valence-corrected chi connectivity index (χ2v) is 6.65. The molecule has 17 heavy (non-hydrogen) atoms. The van der Waals surface area contributed by atoms with Crippen LogP contribution < -0.4 is 5.73 Å². The van der Waals surface area contributed by atoms with Crippen molar-refractivity contribution in [2.75, 3.05) is 5.75 Å². The first-order valence-electron chi connectivity index (χ1n) is 5.78. The molecule has 2 unspecified atom stereocenters. The standard InChI is InChI=1S/C14H15NS2/c1-9-6-10(7-16-9)14(15)12-8-17-13-5-3-2-4-11(12)13/h2-7,12,14H,8,15H2,1H3. The first kappa shape index (κ1) is 11.3. The molecule has 0 bridgehead atoms. The Hall–Kier alpha value is -0.770. The summed E-state index contributed by atoms with van der Waals surface area (Å²) in [6.07, 6.45) is 0. The van der Waals surface area contributed by atoms with Gasteiger partial charge < -0.3 is 5.73 Å². The number of aryl methyl sites for hydroxylation is 1. The molecular formula is C14H15NS2. The predicted octanol–water partition coefficient (Wildman–Crippen LogP) is 3.95. The fourth-order valence-corrected chi connectivity index (χ4v) is 4.41. The minimum absolute atomic E-state index is 0.135. The third-order valence-electron chi connectivity index (χ3n) is 3.31. The molecule has 2 N–H and O–H groups in total. The lowest BCUT2D eigenvalue weighted by Crippen LogP contribution is -2.19. The van der Waals surface area contributed by atoms with Crippen molar-refractivity contribution in [3.63, 3.8) is 0 Å². The maximum atomic E-state index is 6.42. The summed E-state index contributed by atoms with van der Waals surface area (Å²) in [6.45, 7) is 2.14. The number of thioether (sulfide) groups is 1. The Labute approximate surface area is 110 Å². The largest absolute Gasteiger partial charge is 0.323 e. The van der Waals surface area contributed by atoms with Crippen LogP contribution in [0, 0.1) is 6.92 Å². The Morgan fingerprint density at radius 3 is 2.94 bits per heavy atom. The lowest BCUT2D eigenvalue weighted by atomic mass is 9.90. The van der Waals surface area contributed by atoms with E-state index >= 15 is 0 Å². The third-order valence-corrected chi connectivity index (χ3v) is 5.39. The summed E-state index contributed by atoms with van der Waals surface area (Å²) in [5.74, 6) is 1.57. The topological polar surface area (TPSA) is 26.0 Å². The molecule has 0 amide bonds. The van der Waals surface area contributed by atoms with Crippen molar-refractivity contribution in [3.05, 3.63) is 51.7 Å². The van der Waals surface area contributed by atoms with Gasteiger partial charge >= 0.3 is 0 Å². The minimum atomic E-state index is 0.135. The van der Waals surface area contributed by atoms with Crippen molar-refractivity contribution in [1.29, 1.82) is 0 Å². The van der Waals surface area contributed by atoms with E-state index in [0.717, 1.165) is 5.75 Å². The van der Waals surface area contributed by atoms with Gasteiger partial charge in [-0.05, 0) is 35.6 Å². The van der Waals surface area contributed by atoms with Crippen LogP contribution in [0.15, 0.2) is 40.6 Å². The van der Waals surface area contributed by atoms with Gasteiger partial charge in [-0.25, -0.2) is 0 Å². The van der Waals surface area contributed by atoms with Gasteiger partial charge in [0.15, 0.2) is 0 Å². The molecule has 2 heterocycles. The molecule has 0 saturated carbocycles. The molecular weight excluding hydrogens is 246 g/mol. The van der Waals surface area contributed by atoms with Crippen molar-refractivity contribution < 1.29 is 0 Å². The van der Waals surface area contributed by atoms with Crippen molar-refractivity contribution in [2.24, 2.45) is 5.73 Å². The molecule has 0 fully saturated rings. The second-order valence-electron chi connectivity index (χ2n) is 4.47. The van der Waals surface area contributed by atoms with Crippen LogP contribution in [0.25, 0.3) is 0 Å². The maximum Gasteiger partial charge on any atom is 0.0381 e. The van der Waals surface area contributed by atoms with E-state index in [1.807, 2.05) is 11.8 Å². The van der Waals surface area contributed by atoms with Crippen LogP contribution in [-0.4, -0.2) is 5.75 Å². The number of nitrogens with two attached hydrogens (primary N) is 1. The van der Waals surface area contributed by atoms with Gasteiger partial charge in [-0.15, -0.1) is 23.1 Å². The van der Waals surface area contributed by atoms with Crippen LogP contribution in [0.4, 0.5) is 0 Å². The number of thiophene rings is 1. The Morgan fingerprint density at radius 2 is 2.18 bits per heavy atom. The summed E-state index contributed by atoms with van der Waals surface area (Å²) in [5, 5.41) is 2.20. The zero-order valence-electron chi connectivity index (χ0n) is 9.72. The zero-order valence-corrected chi connectivity index (χ0v) is 11.4. The van der Waals surface area contributed by atoms with Gasteiger partial charge in [0.25, 0.3) is 0 Å². The molecule has 0 saturated heterocycles. The highest BCUT2D eigenvalue weighted by molar-refractivity contribution is 7.99. The summed E-state index contributed by atoms with van der Waals surface area (Å²) >= 11 is 3.72. The highest BCUT2D eigenvalue weighted by atomic mass is 32.2. The van der Waals surface area contributed by atoms with Gasteiger partial charge in [-0.2, -0.15) is 0 Å². The van der Waals surface area contributed by atoms with E-state index in [4.69, 9.17) is 5.73 Å². The maximum absolute atomic E-state index is 6.42. The Balaban J connectivity index is 1.92. The summed E-state index contributed by atoms with van der Waals surface area (Å²) in [7, 11) is 0. The quantitative estimate of drug-likeness (QED) is 0.886. The van der Waals surface area contributed by atoms with Gasteiger partial charge in [-0.3, -0.25) is 0 Å². The number of rotatable bonds is 2. The molecule has 0 aliphatic carbocycles. The molecule has 1 aromatic heterocycles. The summed E-state index contributed by atoms with van der Waals surface area (Å²) in [4.78, 5) is 2.74. The van der Waals surface area contributed by atoms with Crippen LogP contribution in [0.3, 0.4) is 0 Å². The number of hydrogen-bond donors (Lipinski definition) is 1. The van der Waals surface area contributed by atoms with E-state index < -0.39 is 0 Å². The van der Waals surface area contributed by atoms with Gasteiger partial charge in [0.05, 0.1) is 0 Å². The normalized spacial score (nSPS) is 20.2. The summed E-state index contributed by atoms with van der Waals surface area (Å²) in [5.41, 5.74) is 9.13. The summed E-state index contributed by atoms with van der Waals surface area (Å²) < 4.78 is 0. The first-order chi connectivity index (χ1) is 8.25. The monoisotopic (exact) mass is 261 g/mol. The molecule has 1 nitrogen and oxygen atoms in total. The Kier molecular flexibility index (Phi) is 2.99. The molecule has 2 aromatic rings. The van der Waals surface area contributed by atoms with Crippen LogP contribution >= 0.6 is 23.1 Å². The van der Waals surface area contributed by atoms with Gasteiger partial charge in [-0.1, -0.05) is 18.2 Å². The van der Waals surface area contributed by atoms with Gasteiger partial charge in [0.1, 0.15) is 0 Å². The highest BCUT2D eigenvalue weighted by Gasteiger charge is 2.29. The first-order valence-corrected chi connectivity index (χ1v) is 7.64. The highest BCUT2D eigenvalue weighted by Crippen LogP contribution is 2.44. The predicted molar refractivity (Wildman–Crippen MR) is 75.9 cm³/mol. The van der Waals surface area contributed by atoms with Crippen molar-refractivity contribution in [1.82, 2.24) is 0 Å². The molecule has 0 spiro atoms. The minimum Gasteiger partial charge on any atom is -0.323 e. The van der Waals surface area contributed by atoms with Gasteiger partial charge in [0, 0.05) is 27.5 Å². The van der Waals surface area contributed by atoms with Crippen LogP contribution in [0.2, 0.25) is 0 Å². The second kappa shape index (κ2) is 4.48. The third kappa shape index (κ3) is 2.03. The fourth-order valence-electron chi connectivity index (χ4n) is 2.36. The lowest BCUT2D eigenvalue weighted by molar-refractivity contribution is 0.609. The van der Waals surface area contributed by atoms with E-state index in [1.54, 1.807) is 11.3 Å². The van der Waals surface area contributed by atoms with E-state index in [1.165, 1.54) is 20.9 Å². The van der Waals surface area contributed by atoms with Crippen molar-refractivity contribution in [2.45, 2.75) is 23.8 Å². The molecule has 3 heteroatoms. The van der Waals surface area contributed by atoms with E-state index in [2.05, 4.69) is 42.6 Å². The zero-order chi connectivity index (χ0) is 11.8. The van der Waals surface area contributed by atoms with E-state index in [0.29, 0.717) is 5.92 Å². The lowest BCUT2D eigenvalue weighted by Gasteiger charge is -2.18. The fraction of sp³-hybridized carbons (Fsp3) is 0.286. The van der Waals surface area contributed by atoms with Crippen LogP contribution in [0.5, 0.6) is 0 Å². The molecule has 1 aromatic carbocycles. The molecule has 1 aliphatic rings. The molecule has 0 radical (unpaired) electrons. The van der Waals surface area contributed by atoms with Crippen molar-refractivity contribution in [3.8, 4) is 0 Å². The SMILES string of the molecule is Cc1cc(C(N)C2CSc3ccccc32)cs1. The average Bonchev–Trinajstić information content (AvgIpc) is 2.94. The molecule has 88 valence electrons. The van der Waals surface area contributed by atoms with Crippen molar-refractivity contribution >= 4 is 23.1 Å². The van der Waals surface area contributed by atoms with E-state index in [9.17, 15) is 0 Å². The summed E-state index contributed by atoms with van der Waals surface area (Å²) in [6, 6.07) is 11.0. The van der Waals surface area contributed by atoms with Gasteiger partial charge in [0.2, 0.25) is 0 Å². The molecule has 2 atom stereocenters. The molecule has 3 rings (SSSR count). The molecule has 1 aliphatic heterocycles. The number of fused-ring (bicyclic) bond motifs is 1. The smallest absolute Gasteiger partial charge is 0.0381 e. The van der Waals surface area contributed by atoms with Crippen LogP contribution in [-0.2, 0) is 0 Å². The Morgan fingerprint density at radius 1 is 1.35 bits per heavy atom. The number of hydrogen-bond acceptors (Lipinski definition) is 3. The van der Waals surface area contributed by atoms with Crippen LogP contribution in [0.1, 0.15) is 28.0 Å². The number of benzene rings is 1.